The molecule has 0 aromatic heterocycles. The van der Waals surface area contributed by atoms with E-state index < -0.39 is 0 Å². The molecule has 3 rings (SSSR count). The Labute approximate surface area is 94.6 Å². The minimum Gasteiger partial charge on any atom is -0.493 e. The molecule has 1 saturated heterocycles. The van der Waals surface area contributed by atoms with Crippen molar-refractivity contribution in [2.45, 2.75) is 12.3 Å². The molecular weight excluding hydrogens is 210 g/mol. The number of hydrogen-bond acceptors (Lipinski definition) is 2. The van der Waals surface area contributed by atoms with Crippen LogP contribution in [0.2, 0.25) is 5.02 Å². The van der Waals surface area contributed by atoms with Crippen molar-refractivity contribution in [2.75, 3.05) is 19.7 Å². The van der Waals surface area contributed by atoms with Crippen LogP contribution in [0.15, 0.2) is 18.2 Å². The molecule has 0 aliphatic carbocycles. The summed E-state index contributed by atoms with van der Waals surface area (Å²) in [6, 6.07) is 5.97. The van der Waals surface area contributed by atoms with E-state index in [1.807, 2.05) is 12.1 Å². The Morgan fingerprint density at radius 1 is 1.33 bits per heavy atom. The molecule has 2 heterocycles. The Morgan fingerprint density at radius 3 is 3.20 bits per heavy atom. The summed E-state index contributed by atoms with van der Waals surface area (Å²) < 4.78 is 5.75. The van der Waals surface area contributed by atoms with Crippen molar-refractivity contribution in [1.29, 1.82) is 0 Å². The normalized spacial score (nSPS) is 28.9. The minimum absolute atomic E-state index is 0.584. The van der Waals surface area contributed by atoms with Crippen LogP contribution in [0.5, 0.6) is 5.75 Å². The Morgan fingerprint density at radius 2 is 2.27 bits per heavy atom. The van der Waals surface area contributed by atoms with Gasteiger partial charge in [-0.1, -0.05) is 11.6 Å². The molecule has 2 aliphatic rings. The van der Waals surface area contributed by atoms with E-state index >= 15 is 0 Å². The lowest BCUT2D eigenvalue weighted by Gasteiger charge is -2.15. The van der Waals surface area contributed by atoms with Crippen LogP contribution >= 0.6 is 11.6 Å². The van der Waals surface area contributed by atoms with E-state index in [1.54, 1.807) is 0 Å². The zero-order valence-electron chi connectivity index (χ0n) is 8.50. The van der Waals surface area contributed by atoms with Gasteiger partial charge in [0.25, 0.3) is 0 Å². The van der Waals surface area contributed by atoms with E-state index in [0.717, 1.165) is 36.9 Å². The van der Waals surface area contributed by atoms with Crippen molar-refractivity contribution < 1.29 is 4.74 Å². The van der Waals surface area contributed by atoms with Crippen LogP contribution in [0, 0.1) is 5.92 Å². The van der Waals surface area contributed by atoms with Gasteiger partial charge in [0.15, 0.2) is 0 Å². The van der Waals surface area contributed by atoms with Crippen LogP contribution in [0.25, 0.3) is 0 Å². The van der Waals surface area contributed by atoms with Gasteiger partial charge in [-0.15, -0.1) is 0 Å². The SMILES string of the molecule is Clc1ccc2c(c1)[C@@H]1CNC[C@H]1CCO2. The summed E-state index contributed by atoms with van der Waals surface area (Å²) in [5, 5.41) is 4.26. The van der Waals surface area contributed by atoms with Gasteiger partial charge in [-0.3, -0.25) is 0 Å². The van der Waals surface area contributed by atoms with Crippen LogP contribution in [-0.2, 0) is 0 Å². The lowest BCUT2D eigenvalue weighted by Crippen LogP contribution is -2.11. The van der Waals surface area contributed by atoms with Gasteiger partial charge in [0.2, 0.25) is 0 Å². The molecule has 80 valence electrons. The van der Waals surface area contributed by atoms with Gasteiger partial charge < -0.3 is 10.1 Å². The van der Waals surface area contributed by atoms with Gasteiger partial charge in [-0.25, -0.2) is 0 Å². The molecule has 15 heavy (non-hydrogen) atoms. The Kier molecular flexibility index (Phi) is 2.33. The van der Waals surface area contributed by atoms with Gasteiger partial charge >= 0.3 is 0 Å². The molecule has 1 aromatic rings. The predicted molar refractivity (Wildman–Crippen MR) is 60.7 cm³/mol. The third kappa shape index (κ3) is 1.62. The highest BCUT2D eigenvalue weighted by Gasteiger charge is 2.32. The molecule has 0 radical (unpaired) electrons. The fourth-order valence-electron chi connectivity index (χ4n) is 2.66. The largest absolute Gasteiger partial charge is 0.493 e. The molecule has 1 aromatic carbocycles. The van der Waals surface area contributed by atoms with Gasteiger partial charge in [0.05, 0.1) is 6.61 Å². The standard InChI is InChI=1S/C12H14ClNO/c13-9-1-2-12-10(5-9)11-7-14-6-8(11)3-4-15-12/h1-2,5,8,11,14H,3-4,6-7H2/t8-,11-/m1/s1. The second kappa shape index (κ2) is 3.69. The molecule has 0 bridgehead atoms. The number of nitrogens with one attached hydrogen (secondary N) is 1. The van der Waals surface area contributed by atoms with E-state index in [9.17, 15) is 0 Å². The highest BCUT2D eigenvalue weighted by molar-refractivity contribution is 6.30. The smallest absolute Gasteiger partial charge is 0.122 e. The first-order valence-electron chi connectivity index (χ1n) is 5.47. The lowest BCUT2D eigenvalue weighted by atomic mass is 9.87. The number of fused-ring (bicyclic) bond motifs is 3. The molecule has 0 unspecified atom stereocenters. The summed E-state index contributed by atoms with van der Waals surface area (Å²) in [5.74, 6) is 2.32. The van der Waals surface area contributed by atoms with E-state index in [-0.39, 0.29) is 0 Å². The maximum atomic E-state index is 6.04. The highest BCUT2D eigenvalue weighted by Crippen LogP contribution is 2.39. The number of hydrogen-bond donors (Lipinski definition) is 1. The highest BCUT2D eigenvalue weighted by atomic mass is 35.5. The van der Waals surface area contributed by atoms with Crippen LogP contribution in [0.3, 0.4) is 0 Å². The molecule has 0 amide bonds. The van der Waals surface area contributed by atoms with Crippen LogP contribution < -0.4 is 10.1 Å². The average molecular weight is 224 g/mol. The van der Waals surface area contributed by atoms with E-state index in [2.05, 4.69) is 11.4 Å². The minimum atomic E-state index is 0.584. The monoisotopic (exact) mass is 223 g/mol. The topological polar surface area (TPSA) is 21.3 Å². The summed E-state index contributed by atoms with van der Waals surface area (Å²) in [6.45, 7) is 3.00. The molecule has 0 saturated carbocycles. The predicted octanol–water partition coefficient (Wildman–Crippen LogP) is 2.43. The summed E-state index contributed by atoms with van der Waals surface area (Å²) in [5.41, 5.74) is 1.29. The van der Waals surface area contributed by atoms with Gasteiger partial charge in [-0.05, 0) is 37.1 Å². The number of halogens is 1. The zero-order valence-corrected chi connectivity index (χ0v) is 9.26. The summed E-state index contributed by atoms with van der Waals surface area (Å²) in [4.78, 5) is 0. The summed E-state index contributed by atoms with van der Waals surface area (Å²) >= 11 is 6.04. The van der Waals surface area contributed by atoms with Crippen molar-refractivity contribution in [2.24, 2.45) is 5.92 Å². The maximum absolute atomic E-state index is 6.04. The summed E-state index contributed by atoms with van der Waals surface area (Å²) in [6.07, 6.45) is 1.14. The van der Waals surface area contributed by atoms with Crippen molar-refractivity contribution in [3.05, 3.63) is 28.8 Å². The van der Waals surface area contributed by atoms with Crippen LogP contribution in [-0.4, -0.2) is 19.7 Å². The van der Waals surface area contributed by atoms with Crippen molar-refractivity contribution in [3.8, 4) is 5.75 Å². The Balaban J connectivity index is 2.06. The third-order valence-electron chi connectivity index (χ3n) is 3.46. The van der Waals surface area contributed by atoms with Gasteiger partial charge in [0, 0.05) is 23.0 Å². The van der Waals surface area contributed by atoms with E-state index in [1.165, 1.54) is 5.56 Å². The molecule has 1 N–H and O–H groups in total. The van der Waals surface area contributed by atoms with Crippen molar-refractivity contribution in [1.82, 2.24) is 5.32 Å². The second-order valence-electron chi connectivity index (χ2n) is 4.34. The average Bonchev–Trinajstić information content (AvgIpc) is 2.62. The van der Waals surface area contributed by atoms with Gasteiger partial charge in [0.1, 0.15) is 5.75 Å². The lowest BCUT2D eigenvalue weighted by molar-refractivity contribution is 0.296. The fraction of sp³-hybridized carbons (Fsp3) is 0.500. The third-order valence-corrected chi connectivity index (χ3v) is 3.69. The van der Waals surface area contributed by atoms with Crippen LogP contribution in [0.1, 0.15) is 17.9 Å². The van der Waals surface area contributed by atoms with Crippen LogP contribution in [0.4, 0.5) is 0 Å². The number of ether oxygens (including phenoxy) is 1. The molecule has 2 aliphatic heterocycles. The first-order chi connectivity index (χ1) is 7.34. The molecule has 0 spiro atoms. The molecule has 2 atom stereocenters. The van der Waals surface area contributed by atoms with Crippen molar-refractivity contribution >= 4 is 11.6 Å². The number of benzene rings is 1. The molecular formula is C12H14ClNO. The fourth-order valence-corrected chi connectivity index (χ4v) is 2.84. The van der Waals surface area contributed by atoms with Gasteiger partial charge in [-0.2, -0.15) is 0 Å². The Bertz CT molecular complexity index is 380. The van der Waals surface area contributed by atoms with E-state index in [0.29, 0.717) is 11.8 Å². The first-order valence-corrected chi connectivity index (χ1v) is 5.85. The van der Waals surface area contributed by atoms with E-state index in [4.69, 9.17) is 16.3 Å². The quantitative estimate of drug-likeness (QED) is 0.730. The second-order valence-corrected chi connectivity index (χ2v) is 4.78. The number of rotatable bonds is 0. The molecule has 2 nitrogen and oxygen atoms in total. The molecule has 1 fully saturated rings. The summed E-state index contributed by atoms with van der Waals surface area (Å²) in [7, 11) is 0. The maximum Gasteiger partial charge on any atom is 0.122 e. The molecule has 3 heteroatoms. The first kappa shape index (κ1) is 9.49. The zero-order chi connectivity index (χ0) is 10.3. The van der Waals surface area contributed by atoms with Crippen molar-refractivity contribution in [3.63, 3.8) is 0 Å². The Hall–Kier alpha value is -0.730.